The minimum absolute atomic E-state index is 0.671. The third-order valence-electron chi connectivity index (χ3n) is 5.49. The van der Waals surface area contributed by atoms with Gasteiger partial charge in [-0.3, -0.25) is 4.90 Å². The van der Waals surface area contributed by atoms with Gasteiger partial charge in [-0.2, -0.15) is 0 Å². The summed E-state index contributed by atoms with van der Waals surface area (Å²) in [6.07, 6.45) is 3.99. The predicted molar refractivity (Wildman–Crippen MR) is 102 cm³/mol. The van der Waals surface area contributed by atoms with Crippen LogP contribution in [0.4, 0.5) is 5.82 Å². The van der Waals surface area contributed by atoms with E-state index in [1.165, 1.54) is 25.8 Å². The van der Waals surface area contributed by atoms with Gasteiger partial charge in [0.2, 0.25) is 0 Å². The number of anilines is 1. The molecule has 0 saturated carbocycles. The van der Waals surface area contributed by atoms with Crippen molar-refractivity contribution in [3.8, 4) is 22.8 Å². The number of fused-ring (bicyclic) bond motifs is 1. The molecule has 6 heteroatoms. The van der Waals surface area contributed by atoms with Crippen molar-refractivity contribution in [2.75, 3.05) is 45.3 Å². The molecule has 0 unspecified atom stereocenters. The largest absolute Gasteiger partial charge is 0.493 e. The summed E-state index contributed by atoms with van der Waals surface area (Å²) < 4.78 is 10.7. The van der Waals surface area contributed by atoms with Gasteiger partial charge in [0.25, 0.3) is 0 Å². The van der Waals surface area contributed by atoms with Gasteiger partial charge in [0.15, 0.2) is 17.3 Å². The molecule has 0 spiro atoms. The molecule has 0 aliphatic carbocycles. The van der Waals surface area contributed by atoms with Gasteiger partial charge in [-0.25, -0.2) is 0 Å². The minimum atomic E-state index is 0.671. The fourth-order valence-electron chi connectivity index (χ4n) is 4.01. The molecule has 0 N–H and O–H groups in total. The Kier molecular flexibility index (Phi) is 4.93. The monoisotopic (exact) mass is 354 g/mol. The fourth-order valence-corrected chi connectivity index (χ4v) is 4.01. The van der Waals surface area contributed by atoms with E-state index in [1.54, 1.807) is 14.2 Å². The van der Waals surface area contributed by atoms with E-state index in [-0.39, 0.29) is 0 Å². The maximum absolute atomic E-state index is 5.38. The maximum Gasteiger partial charge on any atom is 0.161 e. The van der Waals surface area contributed by atoms with Crippen LogP contribution in [0.2, 0.25) is 0 Å². The maximum atomic E-state index is 5.38. The van der Waals surface area contributed by atoms with Crippen molar-refractivity contribution in [1.82, 2.24) is 15.1 Å². The van der Waals surface area contributed by atoms with E-state index in [0.29, 0.717) is 17.5 Å². The summed E-state index contributed by atoms with van der Waals surface area (Å²) >= 11 is 0. The molecule has 2 aliphatic heterocycles. The lowest BCUT2D eigenvalue weighted by Crippen LogP contribution is -2.55. The van der Waals surface area contributed by atoms with Crippen LogP contribution in [0.5, 0.6) is 11.5 Å². The van der Waals surface area contributed by atoms with E-state index in [1.807, 2.05) is 24.3 Å². The lowest BCUT2D eigenvalue weighted by atomic mass is 9.99. The zero-order valence-electron chi connectivity index (χ0n) is 15.5. The van der Waals surface area contributed by atoms with Crippen molar-refractivity contribution < 1.29 is 9.47 Å². The number of hydrogen-bond donors (Lipinski definition) is 0. The standard InChI is InChI=1S/C20H26N4O2/c1-25-18-8-6-15(13-19(18)26-2)17-7-9-20(22-21-17)24-12-11-23-10-4-3-5-16(23)14-24/h6-9,13,16H,3-5,10-12,14H2,1-2H3/t16-/m1/s1. The second kappa shape index (κ2) is 7.50. The topological polar surface area (TPSA) is 50.7 Å². The van der Waals surface area contributed by atoms with Crippen LogP contribution in [0.15, 0.2) is 30.3 Å². The Morgan fingerprint density at radius 1 is 0.923 bits per heavy atom. The van der Waals surface area contributed by atoms with E-state index >= 15 is 0 Å². The molecule has 3 heterocycles. The number of hydrogen-bond acceptors (Lipinski definition) is 6. The summed E-state index contributed by atoms with van der Waals surface area (Å²) in [5, 5.41) is 8.96. The Morgan fingerprint density at radius 3 is 2.58 bits per heavy atom. The molecule has 1 atom stereocenters. The molecule has 0 amide bonds. The first kappa shape index (κ1) is 17.1. The third kappa shape index (κ3) is 3.33. The Hall–Kier alpha value is -2.34. The Labute approximate surface area is 154 Å². The molecule has 2 saturated heterocycles. The van der Waals surface area contributed by atoms with Crippen molar-refractivity contribution in [3.05, 3.63) is 30.3 Å². The number of rotatable bonds is 4. The molecule has 1 aromatic heterocycles. The number of piperazine rings is 1. The van der Waals surface area contributed by atoms with Gasteiger partial charge in [-0.15, -0.1) is 10.2 Å². The summed E-state index contributed by atoms with van der Waals surface area (Å²) in [6, 6.07) is 10.6. The first-order valence-corrected chi connectivity index (χ1v) is 9.33. The summed E-state index contributed by atoms with van der Waals surface area (Å²) in [7, 11) is 3.28. The van der Waals surface area contributed by atoms with Crippen LogP contribution >= 0.6 is 0 Å². The van der Waals surface area contributed by atoms with E-state index in [0.717, 1.165) is 36.7 Å². The molecule has 26 heavy (non-hydrogen) atoms. The number of aromatic nitrogens is 2. The van der Waals surface area contributed by atoms with Crippen molar-refractivity contribution in [2.45, 2.75) is 25.3 Å². The van der Waals surface area contributed by atoms with Gasteiger partial charge < -0.3 is 14.4 Å². The van der Waals surface area contributed by atoms with Crippen LogP contribution < -0.4 is 14.4 Å². The highest BCUT2D eigenvalue weighted by atomic mass is 16.5. The van der Waals surface area contributed by atoms with Crippen LogP contribution in [-0.2, 0) is 0 Å². The number of piperidine rings is 1. The molecular weight excluding hydrogens is 328 g/mol. The smallest absolute Gasteiger partial charge is 0.161 e. The molecular formula is C20H26N4O2. The second-order valence-electron chi connectivity index (χ2n) is 6.98. The van der Waals surface area contributed by atoms with Gasteiger partial charge in [0, 0.05) is 31.2 Å². The molecule has 0 bridgehead atoms. The Bertz CT molecular complexity index is 750. The zero-order valence-corrected chi connectivity index (χ0v) is 15.5. The van der Waals surface area contributed by atoms with Crippen LogP contribution in [0.1, 0.15) is 19.3 Å². The van der Waals surface area contributed by atoms with Crippen molar-refractivity contribution in [2.24, 2.45) is 0 Å². The van der Waals surface area contributed by atoms with Gasteiger partial charge >= 0.3 is 0 Å². The molecule has 2 fully saturated rings. The van der Waals surface area contributed by atoms with Gasteiger partial charge in [-0.1, -0.05) is 6.42 Å². The first-order valence-electron chi connectivity index (χ1n) is 9.33. The minimum Gasteiger partial charge on any atom is -0.493 e. The summed E-state index contributed by atoms with van der Waals surface area (Å²) in [4.78, 5) is 5.00. The lowest BCUT2D eigenvalue weighted by molar-refractivity contribution is 0.133. The highest BCUT2D eigenvalue weighted by molar-refractivity contribution is 5.64. The van der Waals surface area contributed by atoms with Crippen LogP contribution in [-0.4, -0.2) is 61.5 Å². The van der Waals surface area contributed by atoms with Crippen molar-refractivity contribution >= 4 is 5.82 Å². The molecule has 4 rings (SSSR count). The van der Waals surface area contributed by atoms with Gasteiger partial charge in [0.1, 0.15) is 0 Å². The normalized spacial score (nSPS) is 20.5. The molecule has 2 aliphatic rings. The third-order valence-corrected chi connectivity index (χ3v) is 5.49. The number of nitrogens with zero attached hydrogens (tertiary/aromatic N) is 4. The van der Waals surface area contributed by atoms with Crippen molar-refractivity contribution in [1.29, 1.82) is 0 Å². The van der Waals surface area contributed by atoms with E-state index < -0.39 is 0 Å². The van der Waals surface area contributed by atoms with E-state index in [9.17, 15) is 0 Å². The number of ether oxygens (including phenoxy) is 2. The molecule has 2 aromatic rings. The van der Waals surface area contributed by atoms with Crippen LogP contribution in [0.25, 0.3) is 11.3 Å². The predicted octanol–water partition coefficient (Wildman–Crippen LogP) is 2.84. The molecule has 0 radical (unpaired) electrons. The molecule has 138 valence electrons. The summed E-state index contributed by atoms with van der Waals surface area (Å²) in [6.45, 7) is 4.47. The lowest BCUT2D eigenvalue weighted by Gasteiger charge is -2.44. The number of methoxy groups -OCH3 is 2. The van der Waals surface area contributed by atoms with Crippen molar-refractivity contribution in [3.63, 3.8) is 0 Å². The highest BCUT2D eigenvalue weighted by Crippen LogP contribution is 2.32. The number of benzene rings is 1. The van der Waals surface area contributed by atoms with E-state index in [2.05, 4.69) is 26.1 Å². The molecule has 6 nitrogen and oxygen atoms in total. The van der Waals surface area contributed by atoms with E-state index in [4.69, 9.17) is 9.47 Å². The van der Waals surface area contributed by atoms with Crippen LogP contribution in [0.3, 0.4) is 0 Å². The Balaban J connectivity index is 1.50. The van der Waals surface area contributed by atoms with Crippen LogP contribution in [0, 0.1) is 0 Å². The average Bonchev–Trinajstić information content (AvgIpc) is 2.73. The average molecular weight is 354 g/mol. The second-order valence-corrected chi connectivity index (χ2v) is 6.98. The highest BCUT2D eigenvalue weighted by Gasteiger charge is 2.29. The summed E-state index contributed by atoms with van der Waals surface area (Å²) in [5.41, 5.74) is 1.81. The quantitative estimate of drug-likeness (QED) is 0.842. The zero-order chi connectivity index (χ0) is 17.9. The van der Waals surface area contributed by atoms with Gasteiger partial charge in [-0.05, 0) is 49.7 Å². The molecule has 1 aromatic carbocycles. The summed E-state index contributed by atoms with van der Waals surface area (Å²) in [5.74, 6) is 2.38. The SMILES string of the molecule is COc1ccc(-c2ccc(N3CCN4CCCC[C@@H]4C3)nn2)cc1OC. The van der Waals surface area contributed by atoms with Gasteiger partial charge in [0.05, 0.1) is 19.9 Å². The Morgan fingerprint density at radius 2 is 1.81 bits per heavy atom. The fraction of sp³-hybridized carbons (Fsp3) is 0.500. The first-order chi connectivity index (χ1) is 12.8.